The van der Waals surface area contributed by atoms with E-state index >= 15 is 0 Å². The zero-order valence-corrected chi connectivity index (χ0v) is 12.5. The number of ether oxygens (including phenoxy) is 1. The Morgan fingerprint density at radius 3 is 2.35 bits per heavy atom. The van der Waals surface area contributed by atoms with Gasteiger partial charge in [-0.05, 0) is 18.8 Å². The Bertz CT molecular complexity index is 332. The van der Waals surface area contributed by atoms with E-state index in [1.54, 1.807) is 0 Å². The van der Waals surface area contributed by atoms with E-state index in [0.29, 0.717) is 18.2 Å². The number of rotatable bonds is 5. The molecule has 0 radical (unpaired) electrons. The van der Waals surface area contributed by atoms with Gasteiger partial charge in [0.25, 0.3) is 0 Å². The van der Waals surface area contributed by atoms with Crippen LogP contribution in [0.1, 0.15) is 38.5 Å². The maximum Gasteiger partial charge on any atom is 0.306 e. The summed E-state index contributed by atoms with van der Waals surface area (Å²) >= 11 is 0. The van der Waals surface area contributed by atoms with Gasteiger partial charge in [0.2, 0.25) is 5.91 Å². The van der Waals surface area contributed by atoms with Crippen LogP contribution < -0.4 is 0 Å². The van der Waals surface area contributed by atoms with Gasteiger partial charge >= 0.3 is 5.97 Å². The zero-order chi connectivity index (χ0) is 14.4. The van der Waals surface area contributed by atoms with E-state index in [2.05, 4.69) is 9.64 Å². The molecule has 114 valence electrons. The third-order valence-electron chi connectivity index (χ3n) is 4.52. The Kier molecular flexibility index (Phi) is 5.83. The lowest BCUT2D eigenvalue weighted by molar-refractivity contribution is -0.141. The van der Waals surface area contributed by atoms with Gasteiger partial charge < -0.3 is 9.64 Å². The standard InChI is InChI=1S/C15H26N2O3/c1-20-15(19)6-7-16-8-10-17(11-9-16)14(18)12-13-4-2-3-5-13/h13H,2-12H2,1H3. The molecule has 0 bridgehead atoms. The largest absolute Gasteiger partial charge is 0.469 e. The van der Waals surface area contributed by atoms with Gasteiger partial charge in [-0.1, -0.05) is 12.8 Å². The van der Waals surface area contributed by atoms with Crippen molar-refractivity contribution in [3.63, 3.8) is 0 Å². The zero-order valence-electron chi connectivity index (χ0n) is 12.5. The van der Waals surface area contributed by atoms with Gasteiger partial charge in [-0.3, -0.25) is 14.5 Å². The van der Waals surface area contributed by atoms with E-state index in [1.165, 1.54) is 32.8 Å². The molecular formula is C15H26N2O3. The average Bonchev–Trinajstić information content (AvgIpc) is 2.98. The topological polar surface area (TPSA) is 49.9 Å². The van der Waals surface area contributed by atoms with Crippen molar-refractivity contribution in [3.8, 4) is 0 Å². The first kappa shape index (κ1) is 15.3. The fraction of sp³-hybridized carbons (Fsp3) is 0.867. The van der Waals surface area contributed by atoms with E-state index in [4.69, 9.17) is 0 Å². The summed E-state index contributed by atoms with van der Waals surface area (Å²) in [7, 11) is 1.42. The maximum atomic E-state index is 12.2. The highest BCUT2D eigenvalue weighted by molar-refractivity contribution is 5.76. The molecule has 0 spiro atoms. The molecule has 1 heterocycles. The molecule has 5 nitrogen and oxygen atoms in total. The molecule has 1 aliphatic heterocycles. The third-order valence-corrected chi connectivity index (χ3v) is 4.52. The first-order valence-electron chi connectivity index (χ1n) is 7.76. The van der Waals surface area contributed by atoms with Gasteiger partial charge in [-0.2, -0.15) is 0 Å². The lowest BCUT2D eigenvalue weighted by Gasteiger charge is -2.35. The summed E-state index contributed by atoms with van der Waals surface area (Å²) in [4.78, 5) is 27.5. The lowest BCUT2D eigenvalue weighted by Crippen LogP contribution is -2.49. The fourth-order valence-electron chi connectivity index (χ4n) is 3.16. The quantitative estimate of drug-likeness (QED) is 0.713. The monoisotopic (exact) mass is 282 g/mol. The highest BCUT2D eigenvalue weighted by Gasteiger charge is 2.25. The lowest BCUT2D eigenvalue weighted by atomic mass is 10.0. The van der Waals surface area contributed by atoms with Crippen molar-refractivity contribution in [3.05, 3.63) is 0 Å². The van der Waals surface area contributed by atoms with Gasteiger partial charge in [0.15, 0.2) is 0 Å². The second kappa shape index (κ2) is 7.62. The highest BCUT2D eigenvalue weighted by atomic mass is 16.5. The average molecular weight is 282 g/mol. The fourth-order valence-corrected chi connectivity index (χ4v) is 3.16. The predicted octanol–water partition coefficient (Wildman–Crippen LogP) is 1.27. The van der Waals surface area contributed by atoms with Crippen LogP contribution in [0.25, 0.3) is 0 Å². The van der Waals surface area contributed by atoms with Gasteiger partial charge in [-0.25, -0.2) is 0 Å². The van der Waals surface area contributed by atoms with Crippen molar-refractivity contribution < 1.29 is 14.3 Å². The van der Waals surface area contributed by atoms with Crippen LogP contribution in [-0.2, 0) is 14.3 Å². The SMILES string of the molecule is COC(=O)CCN1CCN(C(=O)CC2CCCC2)CC1. The Hall–Kier alpha value is -1.10. The number of amides is 1. The number of hydrogen-bond donors (Lipinski definition) is 0. The van der Waals surface area contributed by atoms with E-state index in [9.17, 15) is 9.59 Å². The van der Waals surface area contributed by atoms with Gasteiger partial charge in [0.05, 0.1) is 13.5 Å². The van der Waals surface area contributed by atoms with Gasteiger partial charge in [0, 0.05) is 39.1 Å². The Morgan fingerprint density at radius 2 is 1.75 bits per heavy atom. The second-order valence-electron chi connectivity index (χ2n) is 5.90. The van der Waals surface area contributed by atoms with Crippen molar-refractivity contribution in [1.82, 2.24) is 9.80 Å². The number of nitrogens with zero attached hydrogens (tertiary/aromatic N) is 2. The van der Waals surface area contributed by atoms with Crippen molar-refractivity contribution in [1.29, 1.82) is 0 Å². The molecule has 2 rings (SSSR count). The van der Waals surface area contributed by atoms with Crippen LogP contribution in [0.2, 0.25) is 0 Å². The molecule has 0 atom stereocenters. The Morgan fingerprint density at radius 1 is 1.10 bits per heavy atom. The van der Waals surface area contributed by atoms with E-state index in [-0.39, 0.29) is 5.97 Å². The Labute approximate surface area is 121 Å². The molecule has 1 amide bonds. The summed E-state index contributed by atoms with van der Waals surface area (Å²) in [5, 5.41) is 0. The van der Waals surface area contributed by atoms with E-state index in [1.807, 2.05) is 4.90 Å². The van der Waals surface area contributed by atoms with E-state index < -0.39 is 0 Å². The minimum absolute atomic E-state index is 0.162. The molecule has 0 aromatic rings. The van der Waals surface area contributed by atoms with Crippen LogP contribution in [0.5, 0.6) is 0 Å². The summed E-state index contributed by atoms with van der Waals surface area (Å²) in [6.45, 7) is 4.07. The molecule has 1 saturated carbocycles. The first-order chi connectivity index (χ1) is 9.69. The molecule has 1 aliphatic carbocycles. The van der Waals surface area contributed by atoms with Crippen LogP contribution in [0, 0.1) is 5.92 Å². The minimum Gasteiger partial charge on any atom is -0.469 e. The van der Waals surface area contributed by atoms with Crippen LogP contribution in [-0.4, -0.2) is 61.5 Å². The molecule has 0 unspecified atom stereocenters. The van der Waals surface area contributed by atoms with Gasteiger partial charge in [0.1, 0.15) is 0 Å². The van der Waals surface area contributed by atoms with Crippen LogP contribution in [0.3, 0.4) is 0 Å². The molecular weight excluding hydrogens is 256 g/mol. The van der Waals surface area contributed by atoms with Crippen molar-refractivity contribution in [2.75, 3.05) is 39.8 Å². The highest BCUT2D eigenvalue weighted by Crippen LogP contribution is 2.28. The number of piperazine rings is 1. The minimum atomic E-state index is -0.162. The molecule has 0 aromatic carbocycles. The number of carbonyl (C=O) groups excluding carboxylic acids is 2. The van der Waals surface area contributed by atoms with Crippen LogP contribution in [0.15, 0.2) is 0 Å². The molecule has 0 N–H and O–H groups in total. The molecule has 0 aromatic heterocycles. The van der Waals surface area contributed by atoms with Crippen molar-refractivity contribution >= 4 is 11.9 Å². The summed E-state index contributed by atoms with van der Waals surface area (Å²) in [5.41, 5.74) is 0. The maximum absolute atomic E-state index is 12.2. The third kappa shape index (κ3) is 4.47. The normalized spacial score (nSPS) is 21.1. The number of carbonyl (C=O) groups is 2. The molecule has 1 saturated heterocycles. The molecule has 2 fully saturated rings. The number of methoxy groups -OCH3 is 1. The molecule has 20 heavy (non-hydrogen) atoms. The van der Waals surface area contributed by atoms with Crippen LogP contribution in [0.4, 0.5) is 0 Å². The molecule has 2 aliphatic rings. The van der Waals surface area contributed by atoms with Gasteiger partial charge in [-0.15, -0.1) is 0 Å². The van der Waals surface area contributed by atoms with Crippen molar-refractivity contribution in [2.45, 2.75) is 38.5 Å². The second-order valence-corrected chi connectivity index (χ2v) is 5.90. The summed E-state index contributed by atoms with van der Waals surface area (Å²) in [6.07, 6.45) is 6.21. The van der Waals surface area contributed by atoms with Crippen LogP contribution >= 0.6 is 0 Å². The van der Waals surface area contributed by atoms with E-state index in [0.717, 1.165) is 39.1 Å². The summed E-state index contributed by atoms with van der Waals surface area (Å²) < 4.78 is 4.64. The van der Waals surface area contributed by atoms with Crippen molar-refractivity contribution in [2.24, 2.45) is 5.92 Å². The molecule has 5 heteroatoms. The first-order valence-corrected chi connectivity index (χ1v) is 7.76. The number of hydrogen-bond acceptors (Lipinski definition) is 4. The smallest absolute Gasteiger partial charge is 0.306 e. The summed E-state index contributed by atoms with van der Waals surface area (Å²) in [6, 6.07) is 0. The summed E-state index contributed by atoms with van der Waals surface area (Å²) in [5.74, 6) is 0.786. The Balaban J connectivity index is 1.65. The number of esters is 1. The predicted molar refractivity (Wildman–Crippen MR) is 76.2 cm³/mol.